The van der Waals surface area contributed by atoms with Gasteiger partial charge in [-0.3, -0.25) is 4.98 Å². The number of benzene rings is 1. The summed E-state index contributed by atoms with van der Waals surface area (Å²) in [7, 11) is 0. The minimum absolute atomic E-state index is 0.387. The van der Waals surface area contributed by atoms with Gasteiger partial charge in [0.1, 0.15) is 5.82 Å². The number of ether oxygens (including phenoxy) is 1. The fourth-order valence-corrected chi connectivity index (χ4v) is 3.18. The maximum absolute atomic E-state index is 13.4. The molecule has 0 amide bonds. The third-order valence-corrected chi connectivity index (χ3v) is 4.66. The number of aryl methyl sites for hydroxylation is 2. The van der Waals surface area contributed by atoms with Crippen molar-refractivity contribution in [2.24, 2.45) is 0 Å². The Balaban J connectivity index is 1.40. The average Bonchev–Trinajstić information content (AvgIpc) is 2.73. The van der Waals surface area contributed by atoms with Crippen LogP contribution in [0.15, 0.2) is 55.0 Å². The number of hydrogen-bond acceptors (Lipinski definition) is 5. The zero-order valence-corrected chi connectivity index (χ0v) is 15.0. The molecule has 0 N–H and O–H groups in total. The molecule has 0 unspecified atom stereocenters. The minimum Gasteiger partial charge on any atom is -0.378 e. The van der Waals surface area contributed by atoms with Crippen molar-refractivity contribution in [3.05, 3.63) is 72.1 Å². The highest BCUT2D eigenvalue weighted by atomic mass is 19.1. The molecule has 3 heterocycles. The number of anilines is 1. The van der Waals surface area contributed by atoms with Gasteiger partial charge in [0.2, 0.25) is 0 Å². The number of pyridine rings is 1. The van der Waals surface area contributed by atoms with Gasteiger partial charge in [0.15, 0.2) is 5.82 Å². The van der Waals surface area contributed by atoms with E-state index in [1.165, 1.54) is 23.5 Å². The molecule has 0 bridgehead atoms. The lowest BCUT2D eigenvalue weighted by Crippen LogP contribution is -2.36. The molecule has 4 rings (SSSR count). The van der Waals surface area contributed by atoms with E-state index in [1.807, 2.05) is 6.07 Å². The first-order chi connectivity index (χ1) is 13.3. The van der Waals surface area contributed by atoms with Crippen LogP contribution in [0.25, 0.3) is 11.4 Å². The summed E-state index contributed by atoms with van der Waals surface area (Å²) in [5.74, 6) is 0.115. The molecule has 1 aliphatic rings. The van der Waals surface area contributed by atoms with Crippen molar-refractivity contribution in [2.75, 3.05) is 31.2 Å². The van der Waals surface area contributed by atoms with Crippen molar-refractivity contribution in [1.29, 1.82) is 0 Å². The van der Waals surface area contributed by atoms with E-state index in [-0.39, 0.29) is 5.82 Å². The van der Waals surface area contributed by atoms with Gasteiger partial charge < -0.3 is 9.64 Å². The molecule has 6 heteroatoms. The van der Waals surface area contributed by atoms with Crippen LogP contribution in [0.3, 0.4) is 0 Å². The van der Waals surface area contributed by atoms with Crippen LogP contribution in [0.4, 0.5) is 10.1 Å². The SMILES string of the molecule is Fc1cncc(-c2nccc(CCc3ccc(N4CCOCC4)cc3)n2)c1. The van der Waals surface area contributed by atoms with Gasteiger partial charge in [-0.25, -0.2) is 14.4 Å². The Bertz CT molecular complexity index is 895. The van der Waals surface area contributed by atoms with Crippen molar-refractivity contribution in [1.82, 2.24) is 15.0 Å². The van der Waals surface area contributed by atoms with Gasteiger partial charge in [-0.1, -0.05) is 12.1 Å². The summed E-state index contributed by atoms with van der Waals surface area (Å²) in [6.07, 6.45) is 6.15. The summed E-state index contributed by atoms with van der Waals surface area (Å²) in [4.78, 5) is 15.0. The highest BCUT2D eigenvalue weighted by molar-refractivity contribution is 5.53. The molecule has 3 aromatic rings. The van der Waals surface area contributed by atoms with E-state index >= 15 is 0 Å². The first-order valence-corrected chi connectivity index (χ1v) is 9.12. The minimum atomic E-state index is -0.387. The second-order valence-electron chi connectivity index (χ2n) is 6.53. The van der Waals surface area contributed by atoms with E-state index in [9.17, 15) is 4.39 Å². The summed E-state index contributed by atoms with van der Waals surface area (Å²) in [6.45, 7) is 3.47. The van der Waals surface area contributed by atoms with E-state index in [2.05, 4.69) is 44.1 Å². The Hall–Kier alpha value is -2.86. The van der Waals surface area contributed by atoms with E-state index in [0.717, 1.165) is 44.8 Å². The molecule has 2 aromatic heterocycles. The second kappa shape index (κ2) is 8.22. The van der Waals surface area contributed by atoms with Gasteiger partial charge in [0.05, 0.1) is 19.4 Å². The highest BCUT2D eigenvalue weighted by Gasteiger charge is 2.11. The number of morpholine rings is 1. The van der Waals surface area contributed by atoms with Crippen LogP contribution in [0.1, 0.15) is 11.3 Å². The fraction of sp³-hybridized carbons (Fsp3) is 0.286. The van der Waals surface area contributed by atoms with Gasteiger partial charge in [-0.05, 0) is 42.7 Å². The zero-order chi connectivity index (χ0) is 18.5. The first kappa shape index (κ1) is 17.5. The van der Waals surface area contributed by atoms with Crippen LogP contribution in [0, 0.1) is 5.82 Å². The van der Waals surface area contributed by atoms with Crippen LogP contribution in [0.5, 0.6) is 0 Å². The summed E-state index contributed by atoms with van der Waals surface area (Å²) >= 11 is 0. The van der Waals surface area contributed by atoms with Gasteiger partial charge in [0, 0.05) is 42.4 Å². The van der Waals surface area contributed by atoms with Gasteiger partial charge in [0.25, 0.3) is 0 Å². The monoisotopic (exact) mass is 364 g/mol. The summed E-state index contributed by atoms with van der Waals surface area (Å²) in [5, 5.41) is 0. The highest BCUT2D eigenvalue weighted by Crippen LogP contribution is 2.18. The molecule has 0 radical (unpaired) electrons. The molecule has 0 atom stereocenters. The standard InChI is InChI=1S/C21H21FN4O/c22-18-13-17(14-23-15-18)21-24-8-7-19(25-21)4-1-16-2-5-20(6-3-16)26-9-11-27-12-10-26/h2-3,5-8,13-15H,1,4,9-12H2. The van der Waals surface area contributed by atoms with Crippen molar-refractivity contribution in [3.8, 4) is 11.4 Å². The quantitative estimate of drug-likeness (QED) is 0.695. The number of halogens is 1. The molecule has 1 aliphatic heterocycles. The molecular weight excluding hydrogens is 343 g/mol. The van der Waals surface area contributed by atoms with Crippen LogP contribution in [-0.4, -0.2) is 41.3 Å². The Morgan fingerprint density at radius 3 is 2.59 bits per heavy atom. The Kier molecular flexibility index (Phi) is 5.34. The topological polar surface area (TPSA) is 51.1 Å². The average molecular weight is 364 g/mol. The molecule has 0 saturated carbocycles. The first-order valence-electron chi connectivity index (χ1n) is 9.12. The maximum atomic E-state index is 13.4. The molecule has 5 nitrogen and oxygen atoms in total. The molecule has 1 aromatic carbocycles. The van der Waals surface area contributed by atoms with Crippen LogP contribution in [-0.2, 0) is 17.6 Å². The van der Waals surface area contributed by atoms with Crippen molar-refractivity contribution in [3.63, 3.8) is 0 Å². The number of aromatic nitrogens is 3. The molecule has 1 fully saturated rings. The maximum Gasteiger partial charge on any atom is 0.161 e. The number of hydrogen-bond donors (Lipinski definition) is 0. The Morgan fingerprint density at radius 1 is 1.00 bits per heavy atom. The van der Waals surface area contributed by atoms with Gasteiger partial charge >= 0.3 is 0 Å². The third-order valence-electron chi connectivity index (χ3n) is 4.66. The van der Waals surface area contributed by atoms with Crippen molar-refractivity contribution in [2.45, 2.75) is 12.8 Å². The van der Waals surface area contributed by atoms with E-state index < -0.39 is 0 Å². The molecule has 0 spiro atoms. The largest absolute Gasteiger partial charge is 0.378 e. The molecule has 27 heavy (non-hydrogen) atoms. The molecule has 1 saturated heterocycles. The van der Waals surface area contributed by atoms with Crippen LogP contribution >= 0.6 is 0 Å². The smallest absolute Gasteiger partial charge is 0.161 e. The number of rotatable bonds is 5. The zero-order valence-electron chi connectivity index (χ0n) is 15.0. The summed E-state index contributed by atoms with van der Waals surface area (Å²) < 4.78 is 18.8. The van der Waals surface area contributed by atoms with Crippen LogP contribution in [0.2, 0.25) is 0 Å². The van der Waals surface area contributed by atoms with Gasteiger partial charge in [-0.2, -0.15) is 0 Å². The summed E-state index contributed by atoms with van der Waals surface area (Å²) in [6, 6.07) is 12.0. The predicted molar refractivity (Wildman–Crippen MR) is 102 cm³/mol. The lowest BCUT2D eigenvalue weighted by molar-refractivity contribution is 0.122. The van der Waals surface area contributed by atoms with Crippen molar-refractivity contribution < 1.29 is 9.13 Å². The van der Waals surface area contributed by atoms with Gasteiger partial charge in [-0.15, -0.1) is 0 Å². The van der Waals surface area contributed by atoms with Crippen molar-refractivity contribution >= 4 is 5.69 Å². The Morgan fingerprint density at radius 2 is 1.81 bits per heavy atom. The fourth-order valence-electron chi connectivity index (χ4n) is 3.18. The van der Waals surface area contributed by atoms with E-state index in [4.69, 9.17) is 4.74 Å². The second-order valence-corrected chi connectivity index (χ2v) is 6.53. The summed E-state index contributed by atoms with van der Waals surface area (Å²) in [5.41, 5.74) is 4.03. The molecular formula is C21H21FN4O. The normalized spacial score (nSPS) is 14.3. The lowest BCUT2D eigenvalue weighted by atomic mass is 10.1. The lowest BCUT2D eigenvalue weighted by Gasteiger charge is -2.28. The predicted octanol–water partition coefficient (Wildman–Crippen LogP) is 3.30. The Labute approximate surface area is 157 Å². The van der Waals surface area contributed by atoms with Crippen LogP contribution < -0.4 is 4.90 Å². The van der Waals surface area contributed by atoms with E-state index in [0.29, 0.717) is 11.4 Å². The molecule has 0 aliphatic carbocycles. The number of nitrogens with zero attached hydrogens (tertiary/aromatic N) is 4. The van der Waals surface area contributed by atoms with E-state index in [1.54, 1.807) is 12.4 Å². The molecule has 138 valence electrons. The third kappa shape index (κ3) is 4.46.